The molecule has 1 N–H and O–H groups in total. The van der Waals surface area contributed by atoms with Crippen LogP contribution in [-0.4, -0.2) is 23.7 Å². The second-order valence-corrected chi connectivity index (χ2v) is 8.43. The Hall–Kier alpha value is -3.12. The van der Waals surface area contributed by atoms with Crippen LogP contribution in [0.1, 0.15) is 74.3 Å². The van der Waals surface area contributed by atoms with Crippen molar-refractivity contribution in [3.63, 3.8) is 0 Å². The van der Waals surface area contributed by atoms with Crippen LogP contribution >= 0.6 is 11.6 Å². The number of aromatic nitrogens is 1. The Morgan fingerprint density at radius 3 is 2.38 bits per heavy atom. The number of hydrogen-bond donors (Lipinski definition) is 1. The maximum Gasteiger partial charge on any atom is 0.271 e. The topological polar surface area (TPSA) is 76.7 Å². The Labute approximate surface area is 206 Å². The van der Waals surface area contributed by atoms with E-state index in [9.17, 15) is 4.79 Å². The first kappa shape index (κ1) is 25.5. The molecule has 0 unspecified atom stereocenters. The summed E-state index contributed by atoms with van der Waals surface area (Å²) in [5.41, 5.74) is 4.10. The summed E-state index contributed by atoms with van der Waals surface area (Å²) in [7, 11) is 0. The highest BCUT2D eigenvalue weighted by Gasteiger charge is 2.11. The van der Waals surface area contributed by atoms with E-state index in [1.54, 1.807) is 24.3 Å². The number of rotatable bonds is 14. The van der Waals surface area contributed by atoms with E-state index in [1.807, 2.05) is 30.3 Å². The summed E-state index contributed by atoms with van der Waals surface area (Å²) in [5.74, 6) is 0.806. The first-order valence-electron chi connectivity index (χ1n) is 12.0. The van der Waals surface area contributed by atoms with Crippen molar-refractivity contribution in [2.24, 2.45) is 5.10 Å². The highest BCUT2D eigenvalue weighted by atomic mass is 35.5. The van der Waals surface area contributed by atoms with Crippen molar-refractivity contribution in [1.29, 1.82) is 0 Å². The maximum absolute atomic E-state index is 12.3. The smallest absolute Gasteiger partial charge is 0.271 e. The van der Waals surface area contributed by atoms with Crippen LogP contribution in [0.4, 0.5) is 0 Å². The standard InChI is InChI=1S/C27H32ClN3O3/c1-2-3-4-5-6-7-8-12-19-33-23-17-15-21(16-18-23)26(32)31-29-20-24-25(28)34-27(30-24)22-13-10-9-11-14-22/h9-11,13-18,20H,2-8,12,19H2,1H3,(H,31,32)/b29-20+. The van der Waals surface area contributed by atoms with Gasteiger partial charge < -0.3 is 9.15 Å². The Kier molecular flexibility index (Phi) is 10.7. The third kappa shape index (κ3) is 8.34. The molecule has 2 aromatic carbocycles. The molecular weight excluding hydrogens is 450 g/mol. The zero-order valence-electron chi connectivity index (χ0n) is 19.6. The zero-order chi connectivity index (χ0) is 24.0. The molecular formula is C27H32ClN3O3. The van der Waals surface area contributed by atoms with Crippen molar-refractivity contribution in [3.8, 4) is 17.2 Å². The number of carbonyl (C=O) groups excluding carboxylic acids is 1. The van der Waals surface area contributed by atoms with Crippen LogP contribution in [0.25, 0.3) is 11.5 Å². The molecule has 7 heteroatoms. The summed E-state index contributed by atoms with van der Waals surface area (Å²) < 4.78 is 11.2. The molecule has 1 heterocycles. The van der Waals surface area contributed by atoms with Gasteiger partial charge >= 0.3 is 0 Å². The SMILES string of the molecule is CCCCCCCCCCOc1ccc(C(=O)N/N=C/c2nc(-c3ccccc3)oc2Cl)cc1. The van der Waals surface area contributed by atoms with Gasteiger partial charge in [-0.15, -0.1) is 0 Å². The van der Waals surface area contributed by atoms with Gasteiger partial charge in [-0.05, 0) is 54.4 Å². The Balaban J connectivity index is 1.39. The molecule has 0 bridgehead atoms. The van der Waals surface area contributed by atoms with E-state index >= 15 is 0 Å². The number of halogens is 1. The van der Waals surface area contributed by atoms with Gasteiger partial charge in [0.2, 0.25) is 11.1 Å². The summed E-state index contributed by atoms with van der Waals surface area (Å²) in [6, 6.07) is 16.4. The predicted octanol–water partition coefficient (Wildman–Crippen LogP) is 7.28. The number of hydrogen-bond acceptors (Lipinski definition) is 5. The molecule has 0 saturated carbocycles. The van der Waals surface area contributed by atoms with Crippen LogP contribution in [0.2, 0.25) is 5.22 Å². The van der Waals surface area contributed by atoms with E-state index in [0.717, 1.165) is 17.7 Å². The highest BCUT2D eigenvalue weighted by molar-refractivity contribution is 6.31. The number of ether oxygens (including phenoxy) is 1. The van der Waals surface area contributed by atoms with E-state index in [4.69, 9.17) is 20.8 Å². The summed E-state index contributed by atoms with van der Waals surface area (Å²) >= 11 is 6.09. The second-order valence-electron chi connectivity index (χ2n) is 8.09. The molecule has 1 aromatic heterocycles. The lowest BCUT2D eigenvalue weighted by molar-refractivity contribution is 0.0955. The highest BCUT2D eigenvalue weighted by Crippen LogP contribution is 2.24. The third-order valence-corrected chi connectivity index (χ3v) is 5.64. The average molecular weight is 482 g/mol. The molecule has 0 radical (unpaired) electrons. The number of hydrazone groups is 1. The average Bonchev–Trinajstić information content (AvgIpc) is 3.24. The number of unbranched alkanes of at least 4 members (excludes halogenated alkanes) is 7. The minimum atomic E-state index is -0.339. The number of nitrogens with zero attached hydrogens (tertiary/aromatic N) is 2. The van der Waals surface area contributed by atoms with E-state index in [-0.39, 0.29) is 11.1 Å². The molecule has 34 heavy (non-hydrogen) atoms. The molecule has 3 aromatic rings. The van der Waals surface area contributed by atoms with Crippen molar-refractivity contribution >= 4 is 23.7 Å². The number of benzene rings is 2. The van der Waals surface area contributed by atoms with Gasteiger partial charge in [0, 0.05) is 11.1 Å². The van der Waals surface area contributed by atoms with Crippen LogP contribution in [0.5, 0.6) is 5.75 Å². The normalized spacial score (nSPS) is 11.1. The third-order valence-electron chi connectivity index (χ3n) is 5.37. The summed E-state index contributed by atoms with van der Waals surface area (Å²) in [6.45, 7) is 2.93. The molecule has 0 atom stereocenters. The molecule has 0 spiro atoms. The van der Waals surface area contributed by atoms with Gasteiger partial charge in [-0.25, -0.2) is 10.4 Å². The van der Waals surface area contributed by atoms with Crippen molar-refractivity contribution in [1.82, 2.24) is 10.4 Å². The maximum atomic E-state index is 12.3. The van der Waals surface area contributed by atoms with Crippen molar-refractivity contribution in [2.75, 3.05) is 6.61 Å². The van der Waals surface area contributed by atoms with E-state index < -0.39 is 0 Å². The van der Waals surface area contributed by atoms with E-state index in [2.05, 4.69) is 22.4 Å². The van der Waals surface area contributed by atoms with Crippen molar-refractivity contribution in [3.05, 3.63) is 71.1 Å². The predicted molar refractivity (Wildman–Crippen MR) is 137 cm³/mol. The van der Waals surface area contributed by atoms with Crippen LogP contribution < -0.4 is 10.2 Å². The van der Waals surface area contributed by atoms with Gasteiger partial charge in [0.1, 0.15) is 11.4 Å². The largest absolute Gasteiger partial charge is 0.494 e. The Morgan fingerprint density at radius 2 is 1.68 bits per heavy atom. The fraction of sp³-hybridized carbons (Fsp3) is 0.370. The van der Waals surface area contributed by atoms with Crippen molar-refractivity contribution in [2.45, 2.75) is 58.3 Å². The quantitative estimate of drug-likeness (QED) is 0.149. The van der Waals surface area contributed by atoms with Gasteiger partial charge in [-0.3, -0.25) is 4.79 Å². The van der Waals surface area contributed by atoms with Gasteiger partial charge in [-0.1, -0.05) is 70.1 Å². The van der Waals surface area contributed by atoms with Gasteiger partial charge in [0.05, 0.1) is 12.8 Å². The fourth-order valence-corrected chi connectivity index (χ4v) is 3.61. The number of carbonyl (C=O) groups is 1. The lowest BCUT2D eigenvalue weighted by Crippen LogP contribution is -2.17. The second kappa shape index (κ2) is 14.2. The van der Waals surface area contributed by atoms with Crippen molar-refractivity contribution < 1.29 is 13.9 Å². The van der Waals surface area contributed by atoms with Crippen LogP contribution in [-0.2, 0) is 0 Å². The minimum Gasteiger partial charge on any atom is -0.494 e. The summed E-state index contributed by atoms with van der Waals surface area (Å²) in [4.78, 5) is 16.7. The number of nitrogens with one attached hydrogen (secondary N) is 1. The Bertz CT molecular complexity index is 1030. The molecule has 3 rings (SSSR count). The number of amides is 1. The first-order chi connectivity index (χ1) is 16.7. The summed E-state index contributed by atoms with van der Waals surface area (Å²) in [5, 5.41) is 4.05. The molecule has 1 amide bonds. The lowest BCUT2D eigenvalue weighted by Gasteiger charge is -2.07. The van der Waals surface area contributed by atoms with E-state index in [0.29, 0.717) is 23.8 Å². The molecule has 0 fully saturated rings. The minimum absolute atomic E-state index is 0.106. The lowest BCUT2D eigenvalue weighted by atomic mass is 10.1. The summed E-state index contributed by atoms with van der Waals surface area (Å²) in [6.07, 6.45) is 11.5. The molecule has 6 nitrogen and oxygen atoms in total. The van der Waals surface area contributed by atoms with Crippen LogP contribution in [0.3, 0.4) is 0 Å². The molecule has 0 saturated heterocycles. The van der Waals surface area contributed by atoms with Gasteiger partial charge in [0.15, 0.2) is 0 Å². The zero-order valence-corrected chi connectivity index (χ0v) is 20.4. The first-order valence-corrected chi connectivity index (χ1v) is 12.3. The van der Waals surface area contributed by atoms with Gasteiger partial charge in [0.25, 0.3) is 5.91 Å². The van der Waals surface area contributed by atoms with Crippen LogP contribution in [0.15, 0.2) is 64.1 Å². The molecule has 0 aliphatic heterocycles. The molecule has 0 aliphatic rings. The van der Waals surface area contributed by atoms with Crippen LogP contribution in [0, 0.1) is 0 Å². The molecule has 0 aliphatic carbocycles. The number of oxazole rings is 1. The fourth-order valence-electron chi connectivity index (χ4n) is 3.44. The molecule has 180 valence electrons. The monoisotopic (exact) mass is 481 g/mol. The van der Waals surface area contributed by atoms with E-state index in [1.165, 1.54) is 51.2 Å². The van der Waals surface area contributed by atoms with Gasteiger partial charge in [-0.2, -0.15) is 5.10 Å². The Morgan fingerprint density at radius 1 is 1.00 bits per heavy atom.